The number of amides is 1. The van der Waals surface area contributed by atoms with E-state index in [4.69, 9.17) is 0 Å². The Morgan fingerprint density at radius 2 is 2.14 bits per heavy atom. The number of hydrazine groups is 1. The third-order valence-corrected chi connectivity index (χ3v) is 3.46. The van der Waals surface area contributed by atoms with Crippen LogP contribution in [-0.4, -0.2) is 49.1 Å². The second kappa shape index (κ2) is 6.27. The SMILES string of the molecule is CN(C)NC(=O)CSC1CCNCC1. The van der Waals surface area contributed by atoms with Crippen LogP contribution >= 0.6 is 11.8 Å². The summed E-state index contributed by atoms with van der Waals surface area (Å²) >= 11 is 1.77. The Morgan fingerprint density at radius 1 is 1.50 bits per heavy atom. The van der Waals surface area contributed by atoms with Crippen LogP contribution in [0.1, 0.15) is 12.8 Å². The molecule has 1 amide bonds. The minimum absolute atomic E-state index is 0.0959. The maximum Gasteiger partial charge on any atom is 0.244 e. The molecule has 0 bridgehead atoms. The van der Waals surface area contributed by atoms with Crippen molar-refractivity contribution in [3.05, 3.63) is 0 Å². The highest BCUT2D eigenvalue weighted by atomic mass is 32.2. The summed E-state index contributed by atoms with van der Waals surface area (Å²) in [5, 5.41) is 5.65. The molecule has 0 aromatic carbocycles. The molecule has 82 valence electrons. The number of carbonyl (C=O) groups excluding carboxylic acids is 1. The predicted molar refractivity (Wildman–Crippen MR) is 60.2 cm³/mol. The first-order valence-electron chi connectivity index (χ1n) is 4.97. The maximum atomic E-state index is 11.3. The summed E-state index contributed by atoms with van der Waals surface area (Å²) in [5.74, 6) is 0.668. The Hall–Kier alpha value is -0.260. The minimum Gasteiger partial charge on any atom is -0.317 e. The van der Waals surface area contributed by atoms with Crippen molar-refractivity contribution in [3.63, 3.8) is 0 Å². The van der Waals surface area contributed by atoms with E-state index in [0.29, 0.717) is 11.0 Å². The highest BCUT2D eigenvalue weighted by molar-refractivity contribution is 8.00. The number of hydrogen-bond donors (Lipinski definition) is 2. The normalized spacial score (nSPS) is 18.5. The number of hydrogen-bond acceptors (Lipinski definition) is 4. The van der Waals surface area contributed by atoms with E-state index in [1.807, 2.05) is 14.1 Å². The van der Waals surface area contributed by atoms with Gasteiger partial charge in [-0.05, 0) is 25.9 Å². The summed E-state index contributed by atoms with van der Waals surface area (Å²) in [6.07, 6.45) is 2.36. The molecule has 0 aromatic rings. The topological polar surface area (TPSA) is 44.4 Å². The lowest BCUT2D eigenvalue weighted by molar-refractivity contribution is -0.122. The molecular formula is C9H19N3OS. The van der Waals surface area contributed by atoms with E-state index in [9.17, 15) is 4.79 Å². The molecule has 0 unspecified atom stereocenters. The molecular weight excluding hydrogens is 198 g/mol. The third-order valence-electron chi connectivity index (χ3n) is 2.08. The molecule has 1 aliphatic heterocycles. The largest absolute Gasteiger partial charge is 0.317 e. The molecule has 0 aliphatic carbocycles. The Morgan fingerprint density at radius 3 is 2.71 bits per heavy atom. The van der Waals surface area contributed by atoms with Gasteiger partial charge in [-0.15, -0.1) is 11.8 Å². The minimum atomic E-state index is 0.0959. The third kappa shape index (κ3) is 4.83. The molecule has 0 radical (unpaired) electrons. The molecule has 0 spiro atoms. The summed E-state index contributed by atoms with van der Waals surface area (Å²) in [4.78, 5) is 11.3. The maximum absolute atomic E-state index is 11.3. The molecule has 5 heteroatoms. The number of nitrogens with one attached hydrogen (secondary N) is 2. The second-order valence-electron chi connectivity index (χ2n) is 3.69. The molecule has 0 saturated carbocycles. The van der Waals surface area contributed by atoms with E-state index in [-0.39, 0.29) is 5.91 Å². The predicted octanol–water partition coefficient (Wildman–Crippen LogP) is 0.0644. The molecule has 1 saturated heterocycles. The van der Waals surface area contributed by atoms with Crippen LogP contribution < -0.4 is 10.7 Å². The fourth-order valence-corrected chi connectivity index (χ4v) is 2.46. The molecule has 1 fully saturated rings. The first kappa shape index (κ1) is 11.8. The van der Waals surface area contributed by atoms with Gasteiger partial charge in [-0.3, -0.25) is 10.2 Å². The Balaban J connectivity index is 2.09. The average molecular weight is 217 g/mol. The van der Waals surface area contributed by atoms with E-state index in [0.717, 1.165) is 13.1 Å². The average Bonchev–Trinajstić information content (AvgIpc) is 2.15. The van der Waals surface area contributed by atoms with Gasteiger partial charge >= 0.3 is 0 Å². The summed E-state index contributed by atoms with van der Waals surface area (Å²) in [5.41, 5.74) is 2.74. The van der Waals surface area contributed by atoms with Gasteiger partial charge in [0.1, 0.15) is 0 Å². The van der Waals surface area contributed by atoms with Crippen LogP contribution in [0, 0.1) is 0 Å². The number of carbonyl (C=O) groups is 1. The monoisotopic (exact) mass is 217 g/mol. The lowest BCUT2D eigenvalue weighted by Crippen LogP contribution is -2.38. The highest BCUT2D eigenvalue weighted by Gasteiger charge is 2.14. The fraction of sp³-hybridized carbons (Fsp3) is 0.889. The Labute approximate surface area is 89.8 Å². The van der Waals surface area contributed by atoms with Gasteiger partial charge in [0, 0.05) is 19.3 Å². The smallest absolute Gasteiger partial charge is 0.244 e. The fourth-order valence-electron chi connectivity index (χ4n) is 1.44. The van der Waals surface area contributed by atoms with Gasteiger partial charge in [0.2, 0.25) is 5.91 Å². The quantitative estimate of drug-likeness (QED) is 0.654. The van der Waals surface area contributed by atoms with Crippen molar-refractivity contribution in [2.45, 2.75) is 18.1 Å². The standard InChI is InChI=1S/C9H19N3OS/c1-12(2)11-9(13)7-14-8-3-5-10-6-4-8/h8,10H,3-7H2,1-2H3,(H,11,13). The van der Waals surface area contributed by atoms with E-state index in [2.05, 4.69) is 10.7 Å². The van der Waals surface area contributed by atoms with Crippen LogP contribution in [0.2, 0.25) is 0 Å². The lowest BCUT2D eigenvalue weighted by Gasteiger charge is -2.22. The molecule has 2 N–H and O–H groups in total. The summed E-state index contributed by atoms with van der Waals surface area (Å²) in [6.45, 7) is 2.18. The Kier molecular flexibility index (Phi) is 5.29. The molecule has 14 heavy (non-hydrogen) atoms. The zero-order valence-corrected chi connectivity index (χ0v) is 9.69. The molecule has 0 aromatic heterocycles. The summed E-state index contributed by atoms with van der Waals surface area (Å²) in [7, 11) is 3.65. The van der Waals surface area contributed by atoms with Crippen molar-refractivity contribution in [1.29, 1.82) is 0 Å². The van der Waals surface area contributed by atoms with Crippen molar-refractivity contribution >= 4 is 17.7 Å². The zero-order valence-electron chi connectivity index (χ0n) is 8.88. The van der Waals surface area contributed by atoms with Crippen LogP contribution in [0.15, 0.2) is 0 Å². The summed E-state index contributed by atoms with van der Waals surface area (Å²) in [6, 6.07) is 0. The molecule has 1 rings (SSSR count). The molecule has 1 aliphatic rings. The molecule has 4 nitrogen and oxygen atoms in total. The van der Waals surface area contributed by atoms with Gasteiger partial charge in [-0.25, -0.2) is 5.01 Å². The van der Waals surface area contributed by atoms with Gasteiger partial charge in [-0.2, -0.15) is 0 Å². The van der Waals surface area contributed by atoms with E-state index >= 15 is 0 Å². The van der Waals surface area contributed by atoms with Gasteiger partial charge in [0.05, 0.1) is 5.75 Å². The van der Waals surface area contributed by atoms with Crippen molar-refractivity contribution in [1.82, 2.24) is 15.8 Å². The van der Waals surface area contributed by atoms with Crippen molar-refractivity contribution in [2.75, 3.05) is 32.9 Å². The Bertz CT molecular complexity index is 181. The number of rotatable bonds is 4. The molecule has 1 heterocycles. The van der Waals surface area contributed by atoms with E-state index in [1.54, 1.807) is 16.8 Å². The highest BCUT2D eigenvalue weighted by Crippen LogP contribution is 2.19. The van der Waals surface area contributed by atoms with E-state index in [1.165, 1.54) is 12.8 Å². The van der Waals surface area contributed by atoms with Crippen molar-refractivity contribution in [2.24, 2.45) is 0 Å². The van der Waals surface area contributed by atoms with Crippen molar-refractivity contribution < 1.29 is 4.79 Å². The first-order valence-corrected chi connectivity index (χ1v) is 6.02. The summed E-state index contributed by atoms with van der Waals surface area (Å²) < 4.78 is 0. The van der Waals surface area contributed by atoms with Gasteiger partial charge in [-0.1, -0.05) is 0 Å². The van der Waals surface area contributed by atoms with Crippen LogP contribution in [0.4, 0.5) is 0 Å². The number of thioether (sulfide) groups is 1. The van der Waals surface area contributed by atoms with Crippen LogP contribution in [0.25, 0.3) is 0 Å². The first-order chi connectivity index (χ1) is 6.68. The van der Waals surface area contributed by atoms with Crippen LogP contribution in [0.5, 0.6) is 0 Å². The lowest BCUT2D eigenvalue weighted by atomic mass is 10.2. The van der Waals surface area contributed by atoms with Crippen molar-refractivity contribution in [3.8, 4) is 0 Å². The van der Waals surface area contributed by atoms with E-state index < -0.39 is 0 Å². The molecule has 0 atom stereocenters. The van der Waals surface area contributed by atoms with Gasteiger partial charge in [0.25, 0.3) is 0 Å². The number of nitrogens with zero attached hydrogens (tertiary/aromatic N) is 1. The van der Waals surface area contributed by atoms with Gasteiger partial charge in [0.15, 0.2) is 0 Å². The van der Waals surface area contributed by atoms with Crippen LogP contribution in [-0.2, 0) is 4.79 Å². The van der Waals surface area contributed by atoms with Gasteiger partial charge < -0.3 is 5.32 Å². The second-order valence-corrected chi connectivity index (χ2v) is 4.98. The van der Waals surface area contributed by atoms with Crippen LogP contribution in [0.3, 0.4) is 0 Å². The zero-order chi connectivity index (χ0) is 10.4. The number of piperidine rings is 1.